The zero-order valence-electron chi connectivity index (χ0n) is 21.1. The monoisotopic (exact) mass is 642 g/mol. The number of hydrogen-bond acceptors (Lipinski definition) is 12. The van der Waals surface area contributed by atoms with Crippen LogP contribution in [0.15, 0.2) is 81.6 Å². The highest BCUT2D eigenvalue weighted by molar-refractivity contribution is 7.47. The highest BCUT2D eigenvalue weighted by atomic mass is 32.1. The Morgan fingerprint density at radius 2 is 1.20 bits per heavy atom. The summed E-state index contributed by atoms with van der Waals surface area (Å²) in [6.07, 6.45) is -0.303. The fourth-order valence-electron chi connectivity index (χ4n) is 3.28. The molecule has 4 aromatic rings. The number of esters is 1. The van der Waals surface area contributed by atoms with Crippen molar-refractivity contribution in [2.75, 3.05) is 6.61 Å². The molecular formula is C26H27O9PS4. The minimum Gasteiger partial charge on any atom is -0.484 e. The Balaban J connectivity index is 0.000000194. The Bertz CT molecular complexity index is 1310. The summed E-state index contributed by atoms with van der Waals surface area (Å²) in [5.41, 5.74) is 0. The first-order chi connectivity index (χ1) is 19.4. The SMILES string of the molecule is O=C1OC(CCO)C(OCc2cccs2)=C1OCc1cccs1.O=P(O)(OCc1cccs1)OCc1cccs1. The number of thiophene rings is 4. The van der Waals surface area contributed by atoms with Crippen molar-refractivity contribution in [2.24, 2.45) is 0 Å². The van der Waals surface area contributed by atoms with E-state index in [1.54, 1.807) is 22.7 Å². The maximum absolute atomic E-state index is 12.0. The van der Waals surface area contributed by atoms with Crippen LogP contribution in [-0.4, -0.2) is 28.7 Å². The van der Waals surface area contributed by atoms with Crippen molar-refractivity contribution in [3.05, 3.63) is 101 Å². The van der Waals surface area contributed by atoms with Crippen LogP contribution in [0, 0.1) is 0 Å². The third-order valence-electron chi connectivity index (χ3n) is 5.13. The van der Waals surface area contributed by atoms with Crippen molar-refractivity contribution in [3.8, 4) is 0 Å². The normalized spacial score (nSPS) is 15.1. The maximum Gasteiger partial charge on any atom is 0.472 e. The first kappa shape index (κ1) is 30.6. The molecule has 14 heteroatoms. The number of cyclic esters (lactones) is 1. The first-order valence-electron chi connectivity index (χ1n) is 12.0. The fraction of sp³-hybridized carbons (Fsp3) is 0.269. The zero-order chi connectivity index (χ0) is 28.2. The Labute approximate surface area is 247 Å². The molecule has 0 saturated carbocycles. The van der Waals surface area contributed by atoms with Crippen molar-refractivity contribution < 1.29 is 42.6 Å². The van der Waals surface area contributed by atoms with E-state index in [-0.39, 0.29) is 32.0 Å². The Hall–Kier alpha value is -2.32. The van der Waals surface area contributed by atoms with Crippen molar-refractivity contribution in [3.63, 3.8) is 0 Å². The van der Waals surface area contributed by atoms with Gasteiger partial charge in [-0.05, 0) is 45.8 Å². The van der Waals surface area contributed by atoms with Crippen LogP contribution in [0.4, 0.5) is 0 Å². The van der Waals surface area contributed by atoms with E-state index in [0.29, 0.717) is 19.0 Å². The number of hydrogen-bond donors (Lipinski definition) is 2. The lowest BCUT2D eigenvalue weighted by atomic mass is 10.2. The maximum atomic E-state index is 12.0. The summed E-state index contributed by atoms with van der Waals surface area (Å²) in [5.74, 6) is -0.0661. The first-order valence-corrected chi connectivity index (χ1v) is 17.0. The molecule has 0 spiro atoms. The lowest BCUT2D eigenvalue weighted by Crippen LogP contribution is -2.15. The van der Waals surface area contributed by atoms with Crippen LogP contribution >= 0.6 is 53.2 Å². The second-order valence-corrected chi connectivity index (χ2v) is 13.6. The second kappa shape index (κ2) is 15.6. The molecule has 5 rings (SSSR count). The lowest BCUT2D eigenvalue weighted by molar-refractivity contribution is -0.143. The number of aliphatic hydroxyl groups excluding tert-OH is 1. The van der Waals surface area contributed by atoms with E-state index in [9.17, 15) is 14.3 Å². The topological polar surface area (TPSA) is 121 Å². The van der Waals surface area contributed by atoms with Gasteiger partial charge in [0.1, 0.15) is 13.2 Å². The fourth-order valence-corrected chi connectivity index (χ4v) is 6.60. The summed E-state index contributed by atoms with van der Waals surface area (Å²) in [5, 5.41) is 16.8. The zero-order valence-corrected chi connectivity index (χ0v) is 25.2. The molecule has 0 aromatic carbocycles. The van der Waals surface area contributed by atoms with Crippen LogP contribution in [0.2, 0.25) is 0 Å². The van der Waals surface area contributed by atoms with Gasteiger partial charge in [-0.15, -0.1) is 45.3 Å². The Kier molecular flexibility index (Phi) is 12.0. The highest BCUT2D eigenvalue weighted by Crippen LogP contribution is 2.45. The van der Waals surface area contributed by atoms with E-state index in [4.69, 9.17) is 28.4 Å². The van der Waals surface area contributed by atoms with Crippen LogP contribution in [-0.2, 0) is 59.0 Å². The summed E-state index contributed by atoms with van der Waals surface area (Å²) < 4.78 is 37.9. The van der Waals surface area contributed by atoms with E-state index in [0.717, 1.165) is 19.5 Å². The van der Waals surface area contributed by atoms with Gasteiger partial charge in [0, 0.05) is 32.5 Å². The smallest absolute Gasteiger partial charge is 0.472 e. The predicted molar refractivity (Wildman–Crippen MR) is 155 cm³/mol. The van der Waals surface area contributed by atoms with Crippen LogP contribution in [0.25, 0.3) is 0 Å². The lowest BCUT2D eigenvalue weighted by Gasteiger charge is -2.13. The Morgan fingerprint density at radius 3 is 1.62 bits per heavy atom. The molecule has 1 unspecified atom stereocenters. The van der Waals surface area contributed by atoms with Crippen LogP contribution in [0.3, 0.4) is 0 Å². The van der Waals surface area contributed by atoms with Gasteiger partial charge in [-0.1, -0.05) is 24.3 Å². The molecule has 40 heavy (non-hydrogen) atoms. The van der Waals surface area contributed by atoms with Crippen molar-refractivity contribution in [1.29, 1.82) is 0 Å². The number of carbonyl (C=O) groups excluding carboxylic acids is 1. The summed E-state index contributed by atoms with van der Waals surface area (Å²) in [4.78, 5) is 25.3. The van der Waals surface area contributed by atoms with E-state index in [2.05, 4.69) is 0 Å². The number of aliphatic hydroxyl groups is 1. The average molecular weight is 643 g/mol. The Morgan fingerprint density at radius 1 is 0.750 bits per heavy atom. The van der Waals surface area contributed by atoms with Gasteiger partial charge in [0.15, 0.2) is 11.9 Å². The quantitative estimate of drug-likeness (QED) is 0.114. The molecule has 1 aliphatic rings. The molecule has 9 nitrogen and oxygen atoms in total. The van der Waals surface area contributed by atoms with Gasteiger partial charge in [0.05, 0.1) is 13.2 Å². The number of phosphoric acid groups is 1. The molecule has 0 bridgehead atoms. The standard InChI is InChI=1S/C16H16O5S2.C10H11O4PS2/c17-6-5-13-14(19-9-11-3-1-7-22-11)15(16(18)21-13)20-10-12-4-2-8-23-12;11-15(12,13-7-9-3-1-5-16-9)14-8-10-4-2-6-17-10/h1-4,7-8,13,17H,5-6,9-10H2;1-6H,7-8H2,(H,11,12). The van der Waals surface area contributed by atoms with Gasteiger partial charge >= 0.3 is 13.8 Å². The molecule has 4 aromatic heterocycles. The highest BCUT2D eigenvalue weighted by Gasteiger charge is 2.37. The van der Waals surface area contributed by atoms with Crippen LogP contribution < -0.4 is 0 Å². The molecule has 1 atom stereocenters. The largest absolute Gasteiger partial charge is 0.484 e. The van der Waals surface area contributed by atoms with E-state index in [1.807, 2.05) is 70.1 Å². The third-order valence-corrected chi connectivity index (χ3v) is 9.44. The number of ether oxygens (including phenoxy) is 3. The molecule has 0 fully saturated rings. The molecule has 0 saturated heterocycles. The van der Waals surface area contributed by atoms with E-state index in [1.165, 1.54) is 22.7 Å². The molecule has 0 radical (unpaired) electrons. The third kappa shape index (κ3) is 9.65. The average Bonchev–Trinajstić information content (AvgIpc) is 3.78. The molecule has 214 valence electrons. The van der Waals surface area contributed by atoms with Gasteiger partial charge in [0.2, 0.25) is 5.76 Å². The molecule has 2 N–H and O–H groups in total. The number of rotatable bonds is 14. The summed E-state index contributed by atoms with van der Waals surface area (Å²) in [6.45, 7) is 0.727. The molecule has 1 aliphatic heterocycles. The van der Waals surface area contributed by atoms with Gasteiger partial charge < -0.3 is 24.2 Å². The van der Waals surface area contributed by atoms with E-state index < -0.39 is 19.9 Å². The van der Waals surface area contributed by atoms with Crippen molar-refractivity contribution in [2.45, 2.75) is 39.0 Å². The summed E-state index contributed by atoms with van der Waals surface area (Å²) in [6, 6.07) is 15.1. The molecular weight excluding hydrogens is 616 g/mol. The number of carbonyl (C=O) groups is 1. The van der Waals surface area contributed by atoms with Crippen molar-refractivity contribution >= 4 is 59.1 Å². The number of phosphoric ester groups is 1. The molecule has 0 amide bonds. The minimum atomic E-state index is -3.96. The summed E-state index contributed by atoms with van der Waals surface area (Å²) in [7, 11) is -3.96. The van der Waals surface area contributed by atoms with E-state index >= 15 is 0 Å². The van der Waals surface area contributed by atoms with Gasteiger partial charge in [-0.2, -0.15) is 0 Å². The molecule has 5 heterocycles. The second-order valence-electron chi connectivity index (χ2n) is 8.01. The van der Waals surface area contributed by atoms with Crippen LogP contribution in [0.5, 0.6) is 0 Å². The van der Waals surface area contributed by atoms with Crippen molar-refractivity contribution in [1.82, 2.24) is 0 Å². The van der Waals surface area contributed by atoms with Gasteiger partial charge in [-0.25, -0.2) is 9.36 Å². The summed E-state index contributed by atoms with van der Waals surface area (Å²) >= 11 is 6.06. The van der Waals surface area contributed by atoms with Crippen LogP contribution in [0.1, 0.15) is 25.9 Å². The molecule has 0 aliphatic carbocycles. The predicted octanol–water partition coefficient (Wildman–Crippen LogP) is 6.71. The van der Waals surface area contributed by atoms with Gasteiger partial charge in [-0.3, -0.25) is 9.05 Å². The van der Waals surface area contributed by atoms with Gasteiger partial charge in [0.25, 0.3) is 0 Å². The minimum absolute atomic E-state index is 0.0931.